The molecular formula is C112H200F4N6O. The third kappa shape index (κ3) is 48.9. The van der Waals surface area contributed by atoms with Gasteiger partial charge in [-0.3, -0.25) is 4.79 Å². The van der Waals surface area contributed by atoms with Crippen molar-refractivity contribution >= 4 is 5.91 Å². The van der Waals surface area contributed by atoms with Gasteiger partial charge in [0.05, 0.1) is 0 Å². The van der Waals surface area contributed by atoms with E-state index in [4.69, 9.17) is 0 Å². The summed E-state index contributed by atoms with van der Waals surface area (Å²) in [5.74, 6) is 3.14. The van der Waals surface area contributed by atoms with Gasteiger partial charge in [0.1, 0.15) is 11.6 Å². The molecule has 0 aromatic heterocycles. The lowest BCUT2D eigenvalue weighted by atomic mass is 9.72. The molecule has 0 spiro atoms. The third-order valence-electron chi connectivity index (χ3n) is 26.7. The summed E-state index contributed by atoms with van der Waals surface area (Å²) in [7, 11) is 0. The van der Waals surface area contributed by atoms with Gasteiger partial charge in [0, 0.05) is 46.2 Å². The normalized spacial score (nSPS) is 18.0. The van der Waals surface area contributed by atoms with Gasteiger partial charge >= 0.3 is 0 Å². The Morgan fingerprint density at radius 1 is 0.317 bits per heavy atom. The molecule has 11 heteroatoms. The van der Waals surface area contributed by atoms with E-state index in [9.17, 15) is 22.4 Å². The molecule has 5 heterocycles. The maximum atomic E-state index is 13.3. The van der Waals surface area contributed by atoms with E-state index in [-0.39, 0.29) is 39.2 Å². The molecule has 0 bridgehead atoms. The van der Waals surface area contributed by atoms with Gasteiger partial charge in [0.25, 0.3) is 0 Å². The molecule has 5 aliphatic heterocycles. The van der Waals surface area contributed by atoms with Crippen LogP contribution in [0.4, 0.5) is 17.6 Å². The van der Waals surface area contributed by atoms with Crippen molar-refractivity contribution in [3.05, 3.63) is 141 Å². The predicted molar refractivity (Wildman–Crippen MR) is 534 cm³/mol. The van der Waals surface area contributed by atoms with Crippen LogP contribution in [0, 0.1) is 106 Å². The van der Waals surface area contributed by atoms with E-state index in [0.717, 1.165) is 71.0 Å². The van der Waals surface area contributed by atoms with Gasteiger partial charge in [0.15, 0.2) is 11.6 Å². The molecular weight excluding hydrogens is 1520 g/mol. The number of amides is 1. The van der Waals surface area contributed by atoms with Crippen molar-refractivity contribution in [2.75, 3.05) is 111 Å². The van der Waals surface area contributed by atoms with E-state index in [1.165, 1.54) is 231 Å². The Kier molecular flexibility index (Phi) is 51.8. The highest BCUT2D eigenvalue weighted by atomic mass is 19.2. The molecule has 1 aliphatic carbocycles. The average Bonchev–Trinajstić information content (AvgIpc) is 0.914. The number of piperazine rings is 1. The molecule has 123 heavy (non-hydrogen) atoms. The highest BCUT2D eigenvalue weighted by Gasteiger charge is 2.34. The summed E-state index contributed by atoms with van der Waals surface area (Å²) in [5, 5.41) is 0. The van der Waals surface area contributed by atoms with E-state index < -0.39 is 11.6 Å². The number of halogens is 4. The van der Waals surface area contributed by atoms with Crippen LogP contribution in [0.1, 0.15) is 390 Å². The van der Waals surface area contributed by atoms with Crippen molar-refractivity contribution in [1.29, 1.82) is 0 Å². The minimum absolute atomic E-state index is 0.0949. The first-order valence-corrected chi connectivity index (χ1v) is 49.3. The van der Waals surface area contributed by atoms with Crippen LogP contribution in [0.5, 0.6) is 0 Å². The molecule has 4 aromatic rings. The van der Waals surface area contributed by atoms with Crippen LogP contribution in [0.3, 0.4) is 0 Å². The van der Waals surface area contributed by atoms with Crippen molar-refractivity contribution in [1.82, 2.24) is 29.4 Å². The van der Waals surface area contributed by atoms with Crippen LogP contribution in [0.15, 0.2) is 78.9 Å². The summed E-state index contributed by atoms with van der Waals surface area (Å²) in [6.07, 6.45) is 23.4. The fourth-order valence-corrected chi connectivity index (χ4v) is 17.8. The number of likely N-dealkylation sites (tertiary alicyclic amines) is 4. The quantitative estimate of drug-likeness (QED) is 0.156. The number of piperidine rings is 4. The van der Waals surface area contributed by atoms with E-state index in [2.05, 4.69) is 229 Å². The van der Waals surface area contributed by atoms with Crippen LogP contribution in [-0.2, 0) is 26.5 Å². The Labute approximate surface area is 761 Å². The second-order valence-corrected chi connectivity index (χ2v) is 48.3. The monoisotopic (exact) mass is 1720 g/mol. The fraction of sp³-hybridized carbons (Fsp3) is 0.777. The highest BCUT2D eigenvalue weighted by Crippen LogP contribution is 2.40. The summed E-state index contributed by atoms with van der Waals surface area (Å²) >= 11 is 0. The van der Waals surface area contributed by atoms with Crippen LogP contribution >= 0.6 is 0 Å². The lowest BCUT2D eigenvalue weighted by molar-refractivity contribution is -0.130. The molecule has 1 amide bonds. The largest absolute Gasteiger partial charge is 0.343 e. The predicted octanol–water partition coefficient (Wildman–Crippen LogP) is 30.8. The van der Waals surface area contributed by atoms with Crippen molar-refractivity contribution in [3.63, 3.8) is 0 Å². The maximum absolute atomic E-state index is 13.3. The minimum Gasteiger partial charge on any atom is -0.343 e. The number of benzene rings is 4. The standard InChI is InChI=1S/C12H26N2.3C12H25N.2C11H15F.C11H21NO.C11H16.C10H12F2.C10H20/c1-5-13-8-10-14(11-9-13)7-6-12(2,3)4;3*1-5-8-13-9-6-11(7-10-13)12(2,3)4;1-8-5-6-10(12)9(7-8)11(2,3)4;1-8-5-6-9(10(12)7-8)11(2,3)4;1-9(13)12-7-5-10(6-8-12)11(2,3)4;1-9-7-5-6-8-10(9)11(2,3)4;1-10(2,3)7-5-4-6-8(11)9(7)12;1-10(2,3)9-7-5-4-6-8-9/h5-11H2,1-4H3;3*11H,5-10H2,1-4H3;2*5-7H,1-4H3;10H,5-8H2,1-4H3;5-8H,1-4H3;4-6H,1-3H3;9H,4-8H2,1-3H3. The van der Waals surface area contributed by atoms with Crippen molar-refractivity contribution in [2.45, 2.75) is 394 Å². The Morgan fingerprint density at radius 3 is 0.935 bits per heavy atom. The Balaban J connectivity index is 0.000000684. The van der Waals surface area contributed by atoms with Gasteiger partial charge in [0.2, 0.25) is 5.91 Å². The lowest BCUT2D eigenvalue weighted by Crippen LogP contribution is -2.46. The number of carbonyl (C=O) groups is 1. The first-order valence-electron chi connectivity index (χ1n) is 49.3. The van der Waals surface area contributed by atoms with E-state index in [1.807, 2.05) is 99.3 Å². The Morgan fingerprint density at radius 2 is 0.642 bits per heavy atom. The molecule has 4 aromatic carbocycles. The van der Waals surface area contributed by atoms with Gasteiger partial charge in [-0.2, -0.15) is 0 Å². The van der Waals surface area contributed by atoms with Gasteiger partial charge in [-0.1, -0.05) is 321 Å². The maximum Gasteiger partial charge on any atom is 0.219 e. The number of hydrogen-bond donors (Lipinski definition) is 0. The van der Waals surface area contributed by atoms with Crippen LogP contribution in [0.25, 0.3) is 0 Å². The topological polar surface area (TPSA) is 36.5 Å². The van der Waals surface area contributed by atoms with Crippen LogP contribution < -0.4 is 0 Å². The van der Waals surface area contributed by atoms with Gasteiger partial charge in [-0.05, 0) is 318 Å². The zero-order chi connectivity index (χ0) is 94.5. The summed E-state index contributed by atoms with van der Waals surface area (Å²) in [6, 6.07) is 23.5. The minimum atomic E-state index is -0.776. The number of carbonyl (C=O) groups excluding carboxylic acids is 1. The molecule has 7 nitrogen and oxygen atoms in total. The first-order chi connectivity index (χ1) is 56.4. The third-order valence-corrected chi connectivity index (χ3v) is 26.7. The second kappa shape index (κ2) is 54.5. The van der Waals surface area contributed by atoms with Gasteiger partial charge < -0.3 is 29.4 Å². The summed E-state index contributed by atoms with van der Waals surface area (Å²) < 4.78 is 52.5. The zero-order valence-electron chi connectivity index (χ0n) is 88.0. The lowest BCUT2D eigenvalue weighted by Gasteiger charge is -2.38. The average molecular weight is 1720 g/mol. The van der Waals surface area contributed by atoms with E-state index >= 15 is 0 Å². The van der Waals surface area contributed by atoms with Crippen molar-refractivity contribution in [2.24, 2.45) is 62.1 Å². The van der Waals surface area contributed by atoms with E-state index in [1.54, 1.807) is 25.1 Å². The van der Waals surface area contributed by atoms with Gasteiger partial charge in [-0.15, -0.1) is 0 Å². The zero-order valence-corrected chi connectivity index (χ0v) is 88.0. The van der Waals surface area contributed by atoms with Crippen LogP contribution in [-0.4, -0.2) is 147 Å². The Hall–Kier alpha value is -4.13. The SMILES string of the molecule is CC(=O)N1CCC(C(C)(C)C)CC1.CC(C)(C)C1CCCCC1.CC(C)(C)c1cccc(F)c1F.CCCN1CCC(C(C)(C)C)CC1.CCCN1CCC(C(C)(C)C)CC1.CCCN1CCC(C(C)(C)C)CC1.CCN1CCN(CCC(C)(C)C)CC1.Cc1ccc(C(C)(C)C)c(F)c1.Cc1ccc(F)c(C(C)(C)C)c1.Cc1ccccc1C(C)(C)C. The molecule has 712 valence electrons. The molecule has 1 saturated carbocycles. The fourth-order valence-electron chi connectivity index (χ4n) is 17.8. The molecule has 5 saturated heterocycles. The van der Waals surface area contributed by atoms with Crippen LogP contribution in [0.2, 0.25) is 0 Å². The summed E-state index contributed by atoms with van der Waals surface area (Å²) in [5.41, 5.74) is 9.70. The molecule has 6 aliphatic rings. The number of hydrogen-bond acceptors (Lipinski definition) is 6. The van der Waals surface area contributed by atoms with Crippen molar-refractivity contribution in [3.8, 4) is 0 Å². The van der Waals surface area contributed by atoms with Gasteiger partial charge in [-0.25, -0.2) is 17.6 Å². The molecule has 0 radical (unpaired) electrons. The molecule has 0 N–H and O–H groups in total. The summed E-state index contributed by atoms with van der Waals surface area (Å²) in [4.78, 5) is 26.0. The molecule has 0 unspecified atom stereocenters. The molecule has 10 rings (SSSR count). The number of aryl methyl sites for hydroxylation is 3. The molecule has 0 atom stereocenters. The number of nitrogens with zero attached hydrogens (tertiary/aromatic N) is 6. The highest BCUT2D eigenvalue weighted by molar-refractivity contribution is 5.73. The first kappa shape index (κ1) is 117. The van der Waals surface area contributed by atoms with Crippen molar-refractivity contribution < 1.29 is 22.4 Å². The van der Waals surface area contributed by atoms with E-state index in [0.29, 0.717) is 38.1 Å². The molecule has 6 fully saturated rings. The Bertz CT molecular complexity index is 3350. The number of rotatable bonds is 9. The number of likely N-dealkylation sites (N-methyl/N-ethyl adjacent to an activating group) is 1. The second-order valence-electron chi connectivity index (χ2n) is 48.3. The summed E-state index contributed by atoms with van der Waals surface area (Å²) in [6.45, 7) is 105. The smallest absolute Gasteiger partial charge is 0.219 e.